The zero-order valence-electron chi connectivity index (χ0n) is 8.01. The van der Waals surface area contributed by atoms with Gasteiger partial charge >= 0.3 is 0 Å². The van der Waals surface area contributed by atoms with Crippen molar-refractivity contribution in [3.63, 3.8) is 0 Å². The van der Waals surface area contributed by atoms with Crippen LogP contribution in [-0.4, -0.2) is 15.0 Å². The summed E-state index contributed by atoms with van der Waals surface area (Å²) < 4.78 is 17.9. The van der Waals surface area contributed by atoms with Crippen LogP contribution in [0, 0.1) is 12.9 Å². The molecule has 0 bridgehead atoms. The molecule has 0 aliphatic carbocycles. The smallest absolute Gasteiger partial charge is 0.225 e. The molecular formula is C10H8FN3O. The van der Waals surface area contributed by atoms with Gasteiger partial charge in [0.05, 0.1) is 12.3 Å². The van der Waals surface area contributed by atoms with E-state index >= 15 is 0 Å². The Bertz CT molecular complexity index is 458. The SMILES string of the molecule is Cc1ccc(Oc2cc(F)ncn2)cn1. The van der Waals surface area contributed by atoms with Crippen molar-refractivity contribution in [3.8, 4) is 11.6 Å². The normalized spacial score (nSPS) is 10.0. The molecule has 0 radical (unpaired) electrons. The summed E-state index contributed by atoms with van der Waals surface area (Å²) in [5.41, 5.74) is 0.885. The molecule has 15 heavy (non-hydrogen) atoms. The second kappa shape index (κ2) is 4.00. The van der Waals surface area contributed by atoms with Crippen LogP contribution in [0.25, 0.3) is 0 Å². The molecule has 0 spiro atoms. The molecule has 0 unspecified atom stereocenters. The quantitative estimate of drug-likeness (QED) is 0.704. The number of rotatable bonds is 2. The third kappa shape index (κ3) is 2.46. The number of aromatic nitrogens is 3. The highest BCUT2D eigenvalue weighted by atomic mass is 19.1. The maximum atomic E-state index is 12.7. The van der Waals surface area contributed by atoms with Crippen LogP contribution in [-0.2, 0) is 0 Å². The van der Waals surface area contributed by atoms with Gasteiger partial charge < -0.3 is 4.74 Å². The second-order valence-corrected chi connectivity index (χ2v) is 2.92. The fourth-order valence-corrected chi connectivity index (χ4v) is 1.01. The maximum absolute atomic E-state index is 12.7. The molecule has 0 fully saturated rings. The van der Waals surface area contributed by atoms with Crippen molar-refractivity contribution in [3.05, 3.63) is 42.4 Å². The Kier molecular flexibility index (Phi) is 2.53. The van der Waals surface area contributed by atoms with Crippen LogP contribution in [0.2, 0.25) is 0 Å². The molecule has 76 valence electrons. The summed E-state index contributed by atoms with van der Waals surface area (Å²) >= 11 is 0. The first-order chi connectivity index (χ1) is 7.24. The molecule has 0 saturated heterocycles. The monoisotopic (exact) mass is 205 g/mol. The van der Waals surface area contributed by atoms with Gasteiger partial charge in [-0.1, -0.05) is 0 Å². The summed E-state index contributed by atoms with van der Waals surface area (Å²) in [4.78, 5) is 11.1. The zero-order valence-corrected chi connectivity index (χ0v) is 8.01. The van der Waals surface area contributed by atoms with Gasteiger partial charge in [0.2, 0.25) is 11.8 Å². The Hall–Kier alpha value is -2.04. The summed E-state index contributed by atoms with van der Waals surface area (Å²) in [6.45, 7) is 1.87. The number of pyridine rings is 1. The van der Waals surface area contributed by atoms with E-state index in [0.29, 0.717) is 5.75 Å². The highest BCUT2D eigenvalue weighted by Gasteiger charge is 2.00. The van der Waals surface area contributed by atoms with Crippen LogP contribution in [0.4, 0.5) is 4.39 Å². The van der Waals surface area contributed by atoms with Crippen molar-refractivity contribution in [2.45, 2.75) is 6.92 Å². The second-order valence-electron chi connectivity index (χ2n) is 2.92. The molecule has 0 aliphatic heterocycles. The van der Waals surface area contributed by atoms with Crippen LogP contribution < -0.4 is 4.74 Å². The molecule has 2 aromatic heterocycles. The molecular weight excluding hydrogens is 197 g/mol. The van der Waals surface area contributed by atoms with E-state index in [-0.39, 0.29) is 5.88 Å². The summed E-state index contributed by atoms with van der Waals surface area (Å²) in [5.74, 6) is 0.0481. The van der Waals surface area contributed by atoms with Gasteiger partial charge in [0.25, 0.3) is 0 Å². The molecule has 2 heterocycles. The predicted octanol–water partition coefficient (Wildman–Crippen LogP) is 2.11. The first-order valence-corrected chi connectivity index (χ1v) is 4.32. The predicted molar refractivity (Wildman–Crippen MR) is 51.0 cm³/mol. The molecule has 0 atom stereocenters. The number of ether oxygens (including phenoxy) is 1. The standard InChI is InChI=1S/C10H8FN3O/c1-7-2-3-8(5-12-7)15-10-4-9(11)13-6-14-10/h2-6H,1H3. The van der Waals surface area contributed by atoms with Gasteiger partial charge in [0.1, 0.15) is 12.1 Å². The number of hydrogen-bond donors (Lipinski definition) is 0. The van der Waals surface area contributed by atoms with E-state index in [9.17, 15) is 4.39 Å². The van der Waals surface area contributed by atoms with E-state index in [2.05, 4.69) is 15.0 Å². The van der Waals surface area contributed by atoms with Gasteiger partial charge in [-0.2, -0.15) is 4.39 Å². The van der Waals surface area contributed by atoms with E-state index < -0.39 is 5.95 Å². The van der Waals surface area contributed by atoms with Gasteiger partial charge in [0, 0.05) is 5.69 Å². The molecule has 0 saturated carbocycles. The van der Waals surface area contributed by atoms with Gasteiger partial charge in [-0.25, -0.2) is 9.97 Å². The average molecular weight is 205 g/mol. The van der Waals surface area contributed by atoms with Crippen LogP contribution >= 0.6 is 0 Å². The van der Waals surface area contributed by atoms with Gasteiger partial charge in [0.15, 0.2) is 0 Å². The third-order valence-corrected chi connectivity index (χ3v) is 1.72. The first-order valence-electron chi connectivity index (χ1n) is 4.32. The molecule has 2 aromatic rings. The number of nitrogens with zero attached hydrogens (tertiary/aromatic N) is 3. The van der Waals surface area contributed by atoms with Crippen molar-refractivity contribution in [1.82, 2.24) is 15.0 Å². The van der Waals surface area contributed by atoms with Crippen LogP contribution in [0.5, 0.6) is 11.6 Å². The Morgan fingerprint density at radius 3 is 2.73 bits per heavy atom. The van der Waals surface area contributed by atoms with Crippen molar-refractivity contribution in [1.29, 1.82) is 0 Å². The van der Waals surface area contributed by atoms with Crippen molar-refractivity contribution < 1.29 is 9.13 Å². The Labute approximate surface area is 85.8 Å². The van der Waals surface area contributed by atoms with E-state index in [1.54, 1.807) is 18.3 Å². The summed E-state index contributed by atoms with van der Waals surface area (Å²) in [6, 6.07) is 4.65. The average Bonchev–Trinajstić information content (AvgIpc) is 2.22. The summed E-state index contributed by atoms with van der Waals surface area (Å²) in [7, 11) is 0. The van der Waals surface area contributed by atoms with Crippen molar-refractivity contribution in [2.24, 2.45) is 0 Å². The minimum absolute atomic E-state index is 0.160. The molecule has 0 amide bonds. The number of aryl methyl sites for hydroxylation is 1. The third-order valence-electron chi connectivity index (χ3n) is 1.72. The minimum Gasteiger partial charge on any atom is -0.437 e. The van der Waals surface area contributed by atoms with Gasteiger partial charge in [-0.05, 0) is 19.1 Å². The topological polar surface area (TPSA) is 47.9 Å². The molecule has 2 rings (SSSR count). The van der Waals surface area contributed by atoms with E-state index in [1.807, 2.05) is 6.92 Å². The van der Waals surface area contributed by atoms with Crippen molar-refractivity contribution in [2.75, 3.05) is 0 Å². The van der Waals surface area contributed by atoms with Gasteiger partial charge in [-0.3, -0.25) is 4.98 Å². The van der Waals surface area contributed by atoms with Crippen LogP contribution in [0.1, 0.15) is 5.69 Å². The lowest BCUT2D eigenvalue weighted by atomic mass is 10.4. The van der Waals surface area contributed by atoms with Crippen LogP contribution in [0.15, 0.2) is 30.7 Å². The van der Waals surface area contributed by atoms with E-state index in [4.69, 9.17) is 4.74 Å². The maximum Gasteiger partial charge on any atom is 0.225 e. The minimum atomic E-state index is -0.625. The van der Waals surface area contributed by atoms with Crippen molar-refractivity contribution >= 4 is 0 Å². The Balaban J connectivity index is 2.18. The largest absolute Gasteiger partial charge is 0.437 e. The molecule has 5 heteroatoms. The highest BCUT2D eigenvalue weighted by molar-refractivity contribution is 5.24. The summed E-state index contributed by atoms with van der Waals surface area (Å²) in [6.07, 6.45) is 2.65. The lowest BCUT2D eigenvalue weighted by Crippen LogP contribution is -1.91. The number of hydrogen-bond acceptors (Lipinski definition) is 4. The fraction of sp³-hybridized carbons (Fsp3) is 0.100. The van der Waals surface area contributed by atoms with E-state index in [1.165, 1.54) is 0 Å². The fourth-order valence-electron chi connectivity index (χ4n) is 1.01. The molecule has 0 N–H and O–H groups in total. The van der Waals surface area contributed by atoms with Gasteiger partial charge in [-0.15, -0.1) is 0 Å². The first kappa shape index (κ1) is 9.51. The highest BCUT2D eigenvalue weighted by Crippen LogP contribution is 2.17. The Morgan fingerprint density at radius 1 is 1.20 bits per heavy atom. The van der Waals surface area contributed by atoms with Crippen LogP contribution in [0.3, 0.4) is 0 Å². The van der Waals surface area contributed by atoms with E-state index in [0.717, 1.165) is 18.1 Å². The molecule has 4 nitrogen and oxygen atoms in total. The lowest BCUT2D eigenvalue weighted by molar-refractivity contribution is 0.448. The number of halogens is 1. The molecule has 0 aromatic carbocycles. The molecule has 0 aliphatic rings. The Morgan fingerprint density at radius 2 is 2.07 bits per heavy atom. The lowest BCUT2D eigenvalue weighted by Gasteiger charge is -2.03. The zero-order chi connectivity index (χ0) is 10.7. The summed E-state index contributed by atoms with van der Waals surface area (Å²) in [5, 5.41) is 0.